The molecule has 4 aromatic rings. The van der Waals surface area contributed by atoms with E-state index >= 15 is 0 Å². The van der Waals surface area contributed by atoms with Crippen molar-refractivity contribution < 1.29 is 28.9 Å². The Hall–Kier alpha value is -2.06. The number of benzene rings is 3. The van der Waals surface area contributed by atoms with Crippen molar-refractivity contribution in [2.45, 2.75) is 0 Å². The van der Waals surface area contributed by atoms with Crippen LogP contribution in [0.4, 0.5) is 0 Å². The van der Waals surface area contributed by atoms with Crippen molar-refractivity contribution in [3.8, 4) is 32.0 Å². The number of hydrogen-bond donors (Lipinski definition) is 0. The third-order valence-corrected chi connectivity index (χ3v) is 6.15. The minimum atomic E-state index is -4.94. The Balaban J connectivity index is 0.000000491. The van der Waals surface area contributed by atoms with Crippen LogP contribution < -0.4 is 18.6 Å². The molecule has 0 atom stereocenters. The highest BCUT2D eigenvalue weighted by Crippen LogP contribution is 2.44. The lowest BCUT2D eigenvalue weighted by Gasteiger charge is -2.17. The zero-order valence-corrected chi connectivity index (χ0v) is 18.9. The Kier molecular flexibility index (Phi) is 8.00. The van der Waals surface area contributed by atoms with E-state index in [1.165, 1.54) is 10.4 Å². The SMILES string of the molecule is Clc1ccc(-c2cc(-c3ccccc3)[s+]c(-c3ccccc3)c2Cl)cc1.[O-][Cl+3]([O-])([O-])[O-]. The van der Waals surface area contributed by atoms with Crippen molar-refractivity contribution >= 4 is 34.5 Å². The van der Waals surface area contributed by atoms with Gasteiger partial charge in [-0.05, 0) is 42.0 Å². The van der Waals surface area contributed by atoms with E-state index in [0.717, 1.165) is 31.6 Å². The predicted octanol–water partition coefficient (Wildman–Crippen LogP) is 3.58. The van der Waals surface area contributed by atoms with Gasteiger partial charge in [-0.15, -0.1) is 10.2 Å². The summed E-state index contributed by atoms with van der Waals surface area (Å²) in [6.07, 6.45) is 0. The molecule has 31 heavy (non-hydrogen) atoms. The summed E-state index contributed by atoms with van der Waals surface area (Å²) < 4.78 is 34.0. The third kappa shape index (κ3) is 6.97. The first-order valence-corrected chi connectivity index (χ1v) is 11.7. The van der Waals surface area contributed by atoms with Crippen LogP contribution in [0.3, 0.4) is 0 Å². The molecule has 0 aliphatic rings. The summed E-state index contributed by atoms with van der Waals surface area (Å²) in [7, 11) is -4.94. The predicted molar refractivity (Wildman–Crippen MR) is 115 cm³/mol. The van der Waals surface area contributed by atoms with Gasteiger partial charge in [0.1, 0.15) is 5.02 Å². The van der Waals surface area contributed by atoms with E-state index in [1.807, 2.05) is 48.5 Å². The van der Waals surface area contributed by atoms with E-state index in [9.17, 15) is 0 Å². The van der Waals surface area contributed by atoms with Crippen molar-refractivity contribution in [3.63, 3.8) is 0 Å². The highest BCUT2D eigenvalue weighted by atomic mass is 35.7. The van der Waals surface area contributed by atoms with Crippen LogP contribution in [0.15, 0.2) is 91.0 Å². The zero-order valence-electron chi connectivity index (χ0n) is 15.8. The Bertz CT molecular complexity index is 1130. The Labute approximate surface area is 196 Å². The first kappa shape index (κ1) is 23.6. The summed E-state index contributed by atoms with van der Waals surface area (Å²) in [6, 6.07) is 30.7. The molecule has 0 bridgehead atoms. The van der Waals surface area contributed by atoms with Crippen molar-refractivity contribution in [3.05, 3.63) is 101 Å². The van der Waals surface area contributed by atoms with Gasteiger partial charge in [-0.1, -0.05) is 71.7 Å². The summed E-state index contributed by atoms with van der Waals surface area (Å²) >= 11 is 14.6. The standard InChI is InChI=1S/C23H15Cl2S.ClHO4/c24-19-13-11-16(12-14-19)20-15-21(17-7-3-1-4-8-17)26-23(22(20)25)18-9-5-2-6-10-18;2-1(3,4)5/h1-15H;(H,2,3,4,5)/q+1;/p-1. The highest BCUT2D eigenvalue weighted by molar-refractivity contribution is 7.19. The monoisotopic (exact) mass is 492 g/mol. The number of hydrogen-bond acceptors (Lipinski definition) is 4. The van der Waals surface area contributed by atoms with Crippen molar-refractivity contribution in [2.24, 2.45) is 0 Å². The van der Waals surface area contributed by atoms with Gasteiger partial charge in [0.15, 0.2) is 0 Å². The molecule has 0 aliphatic carbocycles. The van der Waals surface area contributed by atoms with Gasteiger partial charge in [0.2, 0.25) is 16.2 Å². The van der Waals surface area contributed by atoms with Crippen LogP contribution >= 0.6 is 34.5 Å². The molecule has 0 radical (unpaired) electrons. The second kappa shape index (κ2) is 10.5. The first-order chi connectivity index (χ1) is 14.7. The number of halogens is 3. The van der Waals surface area contributed by atoms with Crippen LogP contribution in [0.2, 0.25) is 10.0 Å². The fraction of sp³-hybridized carbons (Fsp3) is 0. The van der Waals surface area contributed by atoms with Crippen LogP contribution in [0.1, 0.15) is 0 Å². The quantitative estimate of drug-likeness (QED) is 0.408. The molecule has 1 aromatic heterocycles. The van der Waals surface area contributed by atoms with Gasteiger partial charge in [0, 0.05) is 27.8 Å². The molecule has 0 saturated heterocycles. The van der Waals surface area contributed by atoms with Crippen molar-refractivity contribution in [1.29, 1.82) is 0 Å². The van der Waals surface area contributed by atoms with Gasteiger partial charge < -0.3 is 0 Å². The molecule has 0 amide bonds. The second-order valence-corrected chi connectivity index (χ2v) is 8.91. The maximum atomic E-state index is 8.49. The average Bonchev–Trinajstić information content (AvgIpc) is 2.75. The summed E-state index contributed by atoms with van der Waals surface area (Å²) in [6.45, 7) is 0. The van der Waals surface area contributed by atoms with Gasteiger partial charge in [-0.3, -0.25) is 0 Å². The molecule has 0 spiro atoms. The van der Waals surface area contributed by atoms with E-state index in [0.29, 0.717) is 0 Å². The normalized spacial score (nSPS) is 10.9. The molecule has 4 rings (SSSR count). The lowest BCUT2D eigenvalue weighted by Crippen LogP contribution is -2.68. The molecule has 0 N–H and O–H groups in total. The van der Waals surface area contributed by atoms with Gasteiger partial charge in [-0.2, -0.15) is 0 Å². The topological polar surface area (TPSA) is 92.2 Å². The highest BCUT2D eigenvalue weighted by Gasteiger charge is 2.24. The van der Waals surface area contributed by atoms with Gasteiger partial charge in [-0.25, -0.2) is 18.6 Å². The molecule has 158 valence electrons. The van der Waals surface area contributed by atoms with Gasteiger partial charge in [0.25, 0.3) is 4.88 Å². The average molecular weight is 494 g/mol. The summed E-state index contributed by atoms with van der Waals surface area (Å²) in [5.74, 6) is 0. The van der Waals surface area contributed by atoms with Crippen LogP contribution in [-0.4, -0.2) is 0 Å². The minimum absolute atomic E-state index is 0.718. The second-order valence-electron chi connectivity index (χ2n) is 6.28. The first-order valence-electron chi connectivity index (χ1n) is 8.87. The zero-order chi connectivity index (χ0) is 22.4. The number of rotatable bonds is 3. The maximum Gasteiger partial charge on any atom is 0.257 e. The van der Waals surface area contributed by atoms with E-state index in [2.05, 4.69) is 42.5 Å². The molecular formula is C23H15Cl3O4S. The Morgan fingerprint density at radius 3 is 1.61 bits per heavy atom. The minimum Gasteiger partial charge on any atom is -0.222 e. The molecule has 0 aliphatic heterocycles. The fourth-order valence-corrected chi connectivity index (χ4v) is 4.48. The van der Waals surface area contributed by atoms with E-state index < -0.39 is 10.2 Å². The lowest BCUT2D eigenvalue weighted by atomic mass is 10.0. The van der Waals surface area contributed by atoms with E-state index in [-0.39, 0.29) is 0 Å². The smallest absolute Gasteiger partial charge is 0.222 e. The molecule has 3 aromatic carbocycles. The molecule has 1 heterocycles. The maximum absolute atomic E-state index is 8.49. The van der Waals surface area contributed by atoms with Crippen LogP contribution in [-0.2, 0) is 0 Å². The van der Waals surface area contributed by atoms with Crippen LogP contribution in [0.25, 0.3) is 32.0 Å². The van der Waals surface area contributed by atoms with E-state index in [4.69, 9.17) is 41.8 Å². The third-order valence-electron chi connectivity index (χ3n) is 4.17. The molecule has 0 saturated carbocycles. The fourth-order valence-electron chi connectivity index (χ4n) is 2.86. The van der Waals surface area contributed by atoms with Gasteiger partial charge >= 0.3 is 0 Å². The van der Waals surface area contributed by atoms with E-state index in [1.54, 1.807) is 11.3 Å². The van der Waals surface area contributed by atoms with Crippen molar-refractivity contribution in [1.82, 2.24) is 0 Å². The van der Waals surface area contributed by atoms with Crippen LogP contribution in [0.5, 0.6) is 0 Å². The molecule has 0 fully saturated rings. The largest absolute Gasteiger partial charge is 0.257 e. The summed E-state index contributed by atoms with van der Waals surface area (Å²) in [4.78, 5) is 2.25. The summed E-state index contributed by atoms with van der Waals surface area (Å²) in [5, 5.41) is 1.48. The van der Waals surface area contributed by atoms with Crippen molar-refractivity contribution in [2.75, 3.05) is 0 Å². The molecule has 8 heteroatoms. The molecule has 4 nitrogen and oxygen atoms in total. The molecular weight excluding hydrogens is 479 g/mol. The van der Waals surface area contributed by atoms with Gasteiger partial charge in [0.05, 0.1) is 0 Å². The molecule has 0 unspecified atom stereocenters. The Morgan fingerprint density at radius 1 is 0.613 bits per heavy atom. The summed E-state index contributed by atoms with van der Waals surface area (Å²) in [5.41, 5.74) is 4.37. The Morgan fingerprint density at radius 2 is 1.10 bits per heavy atom. The lowest BCUT2D eigenvalue weighted by molar-refractivity contribution is -2.00. The van der Waals surface area contributed by atoms with Crippen LogP contribution in [0, 0.1) is 10.2 Å².